The number of sulfonamides is 1. The van der Waals surface area contributed by atoms with Gasteiger partial charge >= 0.3 is 0 Å². The van der Waals surface area contributed by atoms with Crippen LogP contribution in [-0.2, 0) is 14.8 Å². The molecule has 0 saturated heterocycles. The fraction of sp³-hybridized carbons (Fsp3) is 0.278. The van der Waals surface area contributed by atoms with Crippen molar-refractivity contribution in [3.63, 3.8) is 0 Å². The third-order valence-corrected chi connectivity index (χ3v) is 5.31. The number of anilines is 2. The number of amides is 1. The highest BCUT2D eigenvalue weighted by molar-refractivity contribution is 7.92. The molecule has 0 spiro atoms. The van der Waals surface area contributed by atoms with E-state index in [1.54, 1.807) is 36.4 Å². The molecule has 1 amide bonds. The third kappa shape index (κ3) is 4.28. The van der Waals surface area contributed by atoms with Crippen LogP contribution in [0.5, 0.6) is 11.5 Å². The summed E-state index contributed by atoms with van der Waals surface area (Å²) in [6.07, 6.45) is 0.0469. The lowest BCUT2D eigenvalue weighted by molar-refractivity contribution is -0.122. The minimum Gasteiger partial charge on any atom is -0.492 e. The zero-order valence-electron chi connectivity index (χ0n) is 14.8. The van der Waals surface area contributed by atoms with Crippen molar-refractivity contribution in [2.24, 2.45) is 0 Å². The average molecular weight is 411 g/mol. The van der Waals surface area contributed by atoms with Crippen LogP contribution >= 0.6 is 11.6 Å². The number of benzene rings is 2. The SMILES string of the molecule is CCOc1ccccc1NC(=O)[C@@H]1CN(S(C)(=O)=O)c2cc(Cl)ccc2O1. The summed E-state index contributed by atoms with van der Waals surface area (Å²) in [6.45, 7) is 2.13. The Morgan fingerprint density at radius 3 is 2.78 bits per heavy atom. The lowest BCUT2D eigenvalue weighted by atomic mass is 10.2. The summed E-state index contributed by atoms with van der Waals surface area (Å²) in [5, 5.41) is 3.12. The molecule has 27 heavy (non-hydrogen) atoms. The van der Waals surface area contributed by atoms with Gasteiger partial charge in [0.05, 0.1) is 30.8 Å². The van der Waals surface area contributed by atoms with Gasteiger partial charge in [0.2, 0.25) is 10.0 Å². The molecular weight excluding hydrogens is 392 g/mol. The number of para-hydroxylation sites is 2. The van der Waals surface area contributed by atoms with E-state index in [0.29, 0.717) is 28.8 Å². The van der Waals surface area contributed by atoms with Crippen molar-refractivity contribution in [3.05, 3.63) is 47.5 Å². The Morgan fingerprint density at radius 2 is 2.07 bits per heavy atom. The molecule has 2 aromatic carbocycles. The maximum Gasteiger partial charge on any atom is 0.267 e. The number of ether oxygens (including phenoxy) is 2. The highest BCUT2D eigenvalue weighted by Crippen LogP contribution is 2.37. The number of rotatable bonds is 5. The average Bonchev–Trinajstić information content (AvgIpc) is 2.61. The van der Waals surface area contributed by atoms with Gasteiger partial charge in [0.1, 0.15) is 11.5 Å². The van der Waals surface area contributed by atoms with Gasteiger partial charge < -0.3 is 14.8 Å². The van der Waals surface area contributed by atoms with E-state index in [0.717, 1.165) is 10.6 Å². The van der Waals surface area contributed by atoms with Crippen LogP contribution in [0.15, 0.2) is 42.5 Å². The molecule has 0 bridgehead atoms. The molecule has 9 heteroatoms. The van der Waals surface area contributed by atoms with Crippen molar-refractivity contribution in [2.75, 3.05) is 29.0 Å². The first-order valence-corrected chi connectivity index (χ1v) is 10.5. The largest absolute Gasteiger partial charge is 0.492 e. The normalized spacial score (nSPS) is 16.3. The van der Waals surface area contributed by atoms with Gasteiger partial charge in [-0.05, 0) is 37.3 Å². The Labute approximate surface area is 162 Å². The molecule has 0 aliphatic carbocycles. The zero-order chi connectivity index (χ0) is 19.6. The second kappa shape index (κ2) is 7.66. The number of carbonyl (C=O) groups excluding carboxylic acids is 1. The van der Waals surface area contributed by atoms with Crippen molar-refractivity contribution in [2.45, 2.75) is 13.0 Å². The van der Waals surface area contributed by atoms with E-state index in [-0.39, 0.29) is 12.3 Å². The molecule has 0 saturated carbocycles. The number of nitrogens with zero attached hydrogens (tertiary/aromatic N) is 1. The van der Waals surface area contributed by atoms with Gasteiger partial charge in [0, 0.05) is 5.02 Å². The summed E-state index contributed by atoms with van der Waals surface area (Å²) >= 11 is 5.98. The van der Waals surface area contributed by atoms with Crippen molar-refractivity contribution in [3.8, 4) is 11.5 Å². The quantitative estimate of drug-likeness (QED) is 0.819. The molecular formula is C18H19ClN2O5S. The maximum absolute atomic E-state index is 12.7. The fourth-order valence-corrected chi connectivity index (χ4v) is 3.81. The number of halogens is 1. The third-order valence-electron chi connectivity index (χ3n) is 3.93. The Bertz CT molecular complexity index is 964. The topological polar surface area (TPSA) is 84.9 Å². The van der Waals surface area contributed by atoms with Crippen LogP contribution < -0.4 is 19.1 Å². The smallest absolute Gasteiger partial charge is 0.267 e. The lowest BCUT2D eigenvalue weighted by Gasteiger charge is -2.34. The minimum atomic E-state index is -3.62. The van der Waals surface area contributed by atoms with Gasteiger partial charge in [-0.25, -0.2) is 8.42 Å². The summed E-state index contributed by atoms with van der Waals surface area (Å²) in [4.78, 5) is 12.7. The molecule has 7 nitrogen and oxygen atoms in total. The molecule has 1 heterocycles. The predicted octanol–water partition coefficient (Wildman–Crippen LogP) is 2.90. The molecule has 0 aromatic heterocycles. The molecule has 2 aromatic rings. The Morgan fingerprint density at radius 1 is 1.33 bits per heavy atom. The number of hydrogen-bond donors (Lipinski definition) is 1. The van der Waals surface area contributed by atoms with Crippen LogP contribution in [-0.4, -0.2) is 39.8 Å². The van der Waals surface area contributed by atoms with Crippen LogP contribution in [0.2, 0.25) is 5.02 Å². The molecule has 0 radical (unpaired) electrons. The standard InChI is InChI=1S/C18H19ClN2O5S/c1-3-25-15-7-5-4-6-13(15)20-18(22)17-11-21(27(2,23)24)14-10-12(19)8-9-16(14)26-17/h4-10,17H,3,11H2,1-2H3,(H,20,22)/t17-/m0/s1. The van der Waals surface area contributed by atoms with Crippen LogP contribution in [0, 0.1) is 0 Å². The number of nitrogens with one attached hydrogen (secondary N) is 1. The number of fused-ring (bicyclic) bond motifs is 1. The Balaban J connectivity index is 1.88. The van der Waals surface area contributed by atoms with Crippen LogP contribution in [0.1, 0.15) is 6.92 Å². The van der Waals surface area contributed by atoms with Gasteiger partial charge in [-0.2, -0.15) is 0 Å². The van der Waals surface area contributed by atoms with Crippen molar-refractivity contribution in [1.82, 2.24) is 0 Å². The molecule has 3 rings (SSSR count). The van der Waals surface area contributed by atoms with Crippen LogP contribution in [0.4, 0.5) is 11.4 Å². The van der Waals surface area contributed by atoms with Gasteiger partial charge in [0.25, 0.3) is 5.91 Å². The first-order valence-electron chi connectivity index (χ1n) is 8.26. The van der Waals surface area contributed by atoms with Crippen molar-refractivity contribution >= 4 is 38.9 Å². The highest BCUT2D eigenvalue weighted by atomic mass is 35.5. The summed E-state index contributed by atoms with van der Waals surface area (Å²) in [5.74, 6) is 0.321. The zero-order valence-corrected chi connectivity index (χ0v) is 16.4. The first-order chi connectivity index (χ1) is 12.8. The molecule has 1 aliphatic rings. The lowest BCUT2D eigenvalue weighted by Crippen LogP contribution is -2.48. The number of carbonyl (C=O) groups is 1. The van der Waals surface area contributed by atoms with E-state index >= 15 is 0 Å². The Hall–Kier alpha value is -2.45. The highest BCUT2D eigenvalue weighted by Gasteiger charge is 2.35. The first kappa shape index (κ1) is 19.3. The van der Waals surface area contributed by atoms with E-state index in [1.807, 2.05) is 6.92 Å². The fourth-order valence-electron chi connectivity index (χ4n) is 2.74. The molecule has 144 valence electrons. The summed E-state index contributed by atoms with van der Waals surface area (Å²) < 4.78 is 36.7. The molecule has 1 atom stereocenters. The molecule has 1 N–H and O–H groups in total. The van der Waals surface area contributed by atoms with Crippen LogP contribution in [0.25, 0.3) is 0 Å². The second-order valence-corrected chi connectivity index (χ2v) is 8.27. The van der Waals surface area contributed by atoms with Crippen LogP contribution in [0.3, 0.4) is 0 Å². The van der Waals surface area contributed by atoms with Gasteiger partial charge in [0.15, 0.2) is 6.10 Å². The van der Waals surface area contributed by atoms with Gasteiger partial charge in [-0.1, -0.05) is 23.7 Å². The van der Waals surface area contributed by atoms with Gasteiger partial charge in [-0.3, -0.25) is 9.10 Å². The van der Waals surface area contributed by atoms with E-state index in [9.17, 15) is 13.2 Å². The van der Waals surface area contributed by atoms with E-state index < -0.39 is 22.0 Å². The minimum absolute atomic E-state index is 0.158. The summed E-state index contributed by atoms with van der Waals surface area (Å²) in [6, 6.07) is 11.6. The number of hydrogen-bond acceptors (Lipinski definition) is 5. The Kier molecular flexibility index (Phi) is 5.48. The second-order valence-electron chi connectivity index (χ2n) is 5.93. The van der Waals surface area contributed by atoms with E-state index in [4.69, 9.17) is 21.1 Å². The molecule has 1 aliphatic heterocycles. The molecule has 0 fully saturated rings. The van der Waals surface area contributed by atoms with Crippen molar-refractivity contribution < 1.29 is 22.7 Å². The maximum atomic E-state index is 12.7. The summed E-state index contributed by atoms with van der Waals surface area (Å²) in [7, 11) is -3.62. The van der Waals surface area contributed by atoms with Gasteiger partial charge in [-0.15, -0.1) is 0 Å². The summed E-state index contributed by atoms with van der Waals surface area (Å²) in [5.41, 5.74) is 0.796. The van der Waals surface area contributed by atoms with Crippen molar-refractivity contribution in [1.29, 1.82) is 0 Å². The monoisotopic (exact) mass is 410 g/mol. The molecule has 0 unspecified atom stereocenters. The van der Waals surface area contributed by atoms with E-state index in [2.05, 4.69) is 5.32 Å². The van der Waals surface area contributed by atoms with E-state index in [1.165, 1.54) is 6.07 Å². The predicted molar refractivity (Wildman–Crippen MR) is 104 cm³/mol.